The van der Waals surface area contributed by atoms with Crippen LogP contribution in [0.1, 0.15) is 18.2 Å². The van der Waals surface area contributed by atoms with Crippen LogP contribution in [0.4, 0.5) is 5.69 Å². The second kappa shape index (κ2) is 8.09. The van der Waals surface area contributed by atoms with Crippen molar-refractivity contribution >= 4 is 46.2 Å². The van der Waals surface area contributed by atoms with Crippen LogP contribution in [0.2, 0.25) is 5.02 Å². The van der Waals surface area contributed by atoms with Crippen molar-refractivity contribution in [2.75, 3.05) is 0 Å². The fourth-order valence-electron chi connectivity index (χ4n) is 2.87. The van der Waals surface area contributed by atoms with Crippen molar-refractivity contribution in [2.45, 2.75) is 13.3 Å². The smallest absolute Gasteiger partial charge is 0.264 e. The molecule has 0 bridgehead atoms. The third-order valence-corrected chi connectivity index (χ3v) is 5.52. The maximum Gasteiger partial charge on any atom is 0.264 e. The van der Waals surface area contributed by atoms with Crippen LogP contribution in [0.5, 0.6) is 0 Å². The van der Waals surface area contributed by atoms with Gasteiger partial charge in [-0.1, -0.05) is 48.9 Å². The molecule has 2 aromatic carbocycles. The summed E-state index contributed by atoms with van der Waals surface area (Å²) in [5, 5.41) is 4.00. The number of rotatable bonds is 4. The minimum absolute atomic E-state index is 0.187. The molecule has 28 heavy (non-hydrogen) atoms. The number of hydrogen-bond acceptors (Lipinski definition) is 4. The van der Waals surface area contributed by atoms with E-state index in [1.54, 1.807) is 6.08 Å². The Kier molecular flexibility index (Phi) is 5.37. The molecule has 1 saturated heterocycles. The highest BCUT2D eigenvalue weighted by atomic mass is 35.5. The van der Waals surface area contributed by atoms with Gasteiger partial charge >= 0.3 is 0 Å². The van der Waals surface area contributed by atoms with Gasteiger partial charge in [-0.15, -0.1) is 0 Å². The summed E-state index contributed by atoms with van der Waals surface area (Å²) >= 11 is 7.52. The largest absolute Gasteiger partial charge is 0.457 e. The normalized spacial score (nSPS) is 16.7. The Morgan fingerprint density at radius 1 is 1.11 bits per heavy atom. The van der Waals surface area contributed by atoms with E-state index in [-0.39, 0.29) is 5.91 Å². The van der Waals surface area contributed by atoms with Gasteiger partial charge in [-0.3, -0.25) is 4.79 Å². The van der Waals surface area contributed by atoms with E-state index in [9.17, 15) is 4.79 Å². The maximum absolute atomic E-state index is 12.3. The standard InChI is InChI=1S/C22H17ClN2O2S/c1-2-14-7-3-6-10-18(14)24-22-25-21(26)20(28-22)13-15-11-12-19(27-15)16-8-4-5-9-17(16)23/h3-13H,2H2,1H3,(H,24,25,26). The van der Waals surface area contributed by atoms with Crippen molar-refractivity contribution in [3.63, 3.8) is 0 Å². The Morgan fingerprint density at radius 2 is 1.89 bits per heavy atom. The number of carbonyl (C=O) groups is 1. The fraction of sp³-hybridized carbons (Fsp3) is 0.0909. The predicted octanol–water partition coefficient (Wildman–Crippen LogP) is 6.05. The van der Waals surface area contributed by atoms with Crippen LogP contribution in [-0.2, 0) is 11.2 Å². The van der Waals surface area contributed by atoms with E-state index in [4.69, 9.17) is 16.0 Å². The molecule has 3 aromatic rings. The van der Waals surface area contributed by atoms with Crippen molar-refractivity contribution in [1.82, 2.24) is 5.32 Å². The number of hydrogen-bond donors (Lipinski definition) is 1. The van der Waals surface area contributed by atoms with E-state index in [0.29, 0.717) is 26.6 Å². The number of carbonyl (C=O) groups excluding carboxylic acids is 1. The number of halogens is 1. The van der Waals surface area contributed by atoms with E-state index < -0.39 is 0 Å². The molecule has 1 aromatic heterocycles. The highest BCUT2D eigenvalue weighted by Gasteiger charge is 2.24. The average Bonchev–Trinajstić information content (AvgIpc) is 3.29. The monoisotopic (exact) mass is 408 g/mol. The van der Waals surface area contributed by atoms with E-state index in [2.05, 4.69) is 17.2 Å². The van der Waals surface area contributed by atoms with Gasteiger partial charge in [0, 0.05) is 11.6 Å². The van der Waals surface area contributed by atoms with E-state index in [1.165, 1.54) is 11.8 Å². The first-order valence-electron chi connectivity index (χ1n) is 8.86. The number of furan rings is 1. The van der Waals surface area contributed by atoms with Crippen LogP contribution in [0.3, 0.4) is 0 Å². The number of amides is 1. The zero-order chi connectivity index (χ0) is 19.5. The third kappa shape index (κ3) is 3.91. The van der Waals surface area contributed by atoms with Gasteiger partial charge in [0.25, 0.3) is 5.91 Å². The molecular formula is C22H17ClN2O2S. The van der Waals surface area contributed by atoms with Crippen LogP contribution in [-0.4, -0.2) is 11.1 Å². The molecule has 140 valence electrons. The number of nitrogens with one attached hydrogen (secondary N) is 1. The molecule has 2 heterocycles. The van der Waals surface area contributed by atoms with Crippen LogP contribution in [0.15, 0.2) is 75.0 Å². The summed E-state index contributed by atoms with van der Waals surface area (Å²) in [7, 11) is 0. The number of thioether (sulfide) groups is 1. The Bertz CT molecular complexity index is 1100. The van der Waals surface area contributed by atoms with Crippen LogP contribution in [0.25, 0.3) is 17.4 Å². The van der Waals surface area contributed by atoms with E-state index >= 15 is 0 Å². The Balaban J connectivity index is 1.57. The molecule has 0 unspecified atom stereocenters. The van der Waals surface area contributed by atoms with Crippen LogP contribution < -0.4 is 5.32 Å². The minimum Gasteiger partial charge on any atom is -0.457 e. The molecule has 4 nitrogen and oxygen atoms in total. The number of para-hydroxylation sites is 1. The maximum atomic E-state index is 12.3. The third-order valence-electron chi connectivity index (χ3n) is 4.28. The van der Waals surface area contributed by atoms with Gasteiger partial charge in [-0.2, -0.15) is 0 Å². The van der Waals surface area contributed by atoms with Gasteiger partial charge < -0.3 is 9.73 Å². The molecule has 0 atom stereocenters. The second-order valence-corrected chi connectivity index (χ2v) is 7.58. The molecule has 0 saturated carbocycles. The second-order valence-electron chi connectivity index (χ2n) is 6.15. The molecule has 1 aliphatic rings. The van der Waals surface area contributed by atoms with Gasteiger partial charge in [0.2, 0.25) is 0 Å². The summed E-state index contributed by atoms with van der Waals surface area (Å²) in [6, 6.07) is 19.1. The minimum atomic E-state index is -0.187. The summed E-state index contributed by atoms with van der Waals surface area (Å²) in [5.41, 5.74) is 2.82. The number of nitrogens with zero attached hydrogens (tertiary/aromatic N) is 1. The molecule has 4 rings (SSSR count). The van der Waals surface area contributed by atoms with Gasteiger partial charge in [-0.25, -0.2) is 4.99 Å². The number of benzene rings is 2. The molecule has 1 N–H and O–H groups in total. The van der Waals surface area contributed by atoms with Crippen molar-refractivity contribution in [1.29, 1.82) is 0 Å². The molecular weight excluding hydrogens is 392 g/mol. The van der Waals surface area contributed by atoms with Crippen LogP contribution >= 0.6 is 23.4 Å². The fourth-order valence-corrected chi connectivity index (χ4v) is 3.92. The summed E-state index contributed by atoms with van der Waals surface area (Å²) in [4.78, 5) is 17.5. The van der Waals surface area contributed by atoms with E-state index in [0.717, 1.165) is 23.2 Å². The first kappa shape index (κ1) is 18.6. The van der Waals surface area contributed by atoms with Crippen molar-refractivity contribution < 1.29 is 9.21 Å². The first-order chi connectivity index (χ1) is 13.6. The van der Waals surface area contributed by atoms with Crippen molar-refractivity contribution in [3.8, 4) is 11.3 Å². The molecule has 0 radical (unpaired) electrons. The molecule has 0 aliphatic carbocycles. The Morgan fingerprint density at radius 3 is 2.71 bits per heavy atom. The molecule has 0 spiro atoms. The zero-order valence-corrected chi connectivity index (χ0v) is 16.7. The molecule has 1 aliphatic heterocycles. The lowest BCUT2D eigenvalue weighted by molar-refractivity contribution is -0.115. The van der Waals surface area contributed by atoms with Crippen LogP contribution in [0, 0.1) is 0 Å². The van der Waals surface area contributed by atoms with Crippen molar-refractivity contribution in [2.24, 2.45) is 4.99 Å². The summed E-state index contributed by atoms with van der Waals surface area (Å²) in [6.07, 6.45) is 2.60. The SMILES string of the molecule is CCc1ccccc1N=C1NC(=O)C(=Cc2ccc(-c3ccccc3Cl)o2)S1. The number of amidine groups is 1. The van der Waals surface area contributed by atoms with Crippen molar-refractivity contribution in [3.05, 3.63) is 81.9 Å². The Hall–Kier alpha value is -2.76. The lowest BCUT2D eigenvalue weighted by Crippen LogP contribution is -2.19. The van der Waals surface area contributed by atoms with Gasteiger partial charge in [0.15, 0.2) is 5.17 Å². The first-order valence-corrected chi connectivity index (χ1v) is 10.1. The molecule has 1 amide bonds. The van der Waals surface area contributed by atoms with Gasteiger partial charge in [0.05, 0.1) is 15.6 Å². The summed E-state index contributed by atoms with van der Waals surface area (Å²) in [6.45, 7) is 2.08. The predicted molar refractivity (Wildman–Crippen MR) is 116 cm³/mol. The topological polar surface area (TPSA) is 54.6 Å². The summed E-state index contributed by atoms with van der Waals surface area (Å²) < 4.78 is 5.86. The molecule has 6 heteroatoms. The van der Waals surface area contributed by atoms with Gasteiger partial charge in [0.1, 0.15) is 11.5 Å². The number of aryl methyl sites for hydroxylation is 1. The average molecular weight is 409 g/mol. The van der Waals surface area contributed by atoms with E-state index in [1.807, 2.05) is 60.7 Å². The summed E-state index contributed by atoms with van der Waals surface area (Å²) in [5.74, 6) is 1.06. The zero-order valence-electron chi connectivity index (χ0n) is 15.1. The lowest BCUT2D eigenvalue weighted by atomic mass is 10.1. The molecule has 1 fully saturated rings. The Labute approximate surface area is 172 Å². The lowest BCUT2D eigenvalue weighted by Gasteiger charge is -2.02. The highest BCUT2D eigenvalue weighted by Crippen LogP contribution is 2.32. The quantitative estimate of drug-likeness (QED) is 0.534. The highest BCUT2D eigenvalue weighted by molar-refractivity contribution is 8.18. The van der Waals surface area contributed by atoms with Gasteiger partial charge in [-0.05, 0) is 54.1 Å². The number of aliphatic imine (C=N–C) groups is 1.